The summed E-state index contributed by atoms with van der Waals surface area (Å²) >= 11 is 7.18. The Morgan fingerprint density at radius 1 is 1.25 bits per heavy atom. The second-order valence-electron chi connectivity index (χ2n) is 3.55. The Balaban J connectivity index is 1.72. The van der Waals surface area contributed by atoms with Crippen LogP contribution in [0.3, 0.4) is 0 Å². The molecule has 8 nitrogen and oxygen atoms in total. The molecule has 3 aromatic rings. The minimum atomic E-state index is 0.0777. The molecule has 0 fully saturated rings. The van der Waals surface area contributed by atoms with Crippen LogP contribution in [0.4, 0.5) is 17.0 Å². The molecule has 2 N–H and O–H groups in total. The number of hydrogen-bond donors (Lipinski definition) is 2. The lowest BCUT2D eigenvalue weighted by atomic mass is 10.4. The van der Waals surface area contributed by atoms with E-state index < -0.39 is 0 Å². The maximum atomic E-state index is 5.85. The van der Waals surface area contributed by atoms with Gasteiger partial charge in [0.1, 0.15) is 11.3 Å². The number of anilines is 3. The third-order valence-corrected chi connectivity index (χ3v) is 2.96. The molecule has 0 saturated carbocycles. The van der Waals surface area contributed by atoms with E-state index in [2.05, 4.69) is 35.8 Å². The van der Waals surface area contributed by atoms with Crippen molar-refractivity contribution in [2.45, 2.75) is 6.54 Å². The fourth-order valence-electron chi connectivity index (χ4n) is 1.39. The maximum Gasteiger partial charge on any atom is 0.235 e. The van der Waals surface area contributed by atoms with E-state index in [1.54, 1.807) is 17.8 Å². The molecule has 0 radical (unpaired) electrons. The summed E-state index contributed by atoms with van der Waals surface area (Å²) in [5.74, 6) is 1.40. The van der Waals surface area contributed by atoms with Crippen LogP contribution < -0.4 is 10.6 Å². The molecule has 3 aromatic heterocycles. The van der Waals surface area contributed by atoms with E-state index in [1.165, 1.54) is 11.3 Å². The van der Waals surface area contributed by atoms with Crippen molar-refractivity contribution < 1.29 is 4.42 Å². The molecule has 0 amide bonds. The highest BCUT2D eigenvalue weighted by molar-refractivity contribution is 7.13. The normalized spacial score (nSPS) is 10.4. The molecule has 102 valence electrons. The van der Waals surface area contributed by atoms with Crippen molar-refractivity contribution in [1.29, 1.82) is 0 Å². The van der Waals surface area contributed by atoms with Gasteiger partial charge in [0.15, 0.2) is 0 Å². The minimum absolute atomic E-state index is 0.0777. The number of aromatic nitrogens is 5. The topological polar surface area (TPSA) is 102 Å². The van der Waals surface area contributed by atoms with Gasteiger partial charge in [-0.2, -0.15) is 15.0 Å². The maximum absolute atomic E-state index is 5.85. The molecule has 0 saturated heterocycles. The van der Waals surface area contributed by atoms with Crippen LogP contribution in [0.15, 0.2) is 28.3 Å². The predicted octanol–water partition coefficient (Wildman–Crippen LogP) is 2.33. The number of nitrogens with one attached hydrogen (secondary N) is 2. The van der Waals surface area contributed by atoms with Gasteiger partial charge in [-0.05, 0) is 23.7 Å². The Morgan fingerprint density at radius 2 is 2.15 bits per heavy atom. The van der Waals surface area contributed by atoms with Crippen molar-refractivity contribution in [2.24, 2.45) is 0 Å². The molecule has 0 aliphatic rings. The van der Waals surface area contributed by atoms with Crippen molar-refractivity contribution in [3.05, 3.63) is 35.0 Å². The summed E-state index contributed by atoms with van der Waals surface area (Å²) in [7, 11) is 0. The first-order valence-electron chi connectivity index (χ1n) is 5.50. The second kappa shape index (κ2) is 5.80. The van der Waals surface area contributed by atoms with Gasteiger partial charge in [0, 0.05) is 0 Å². The Labute approximate surface area is 122 Å². The molecule has 3 rings (SSSR count). The van der Waals surface area contributed by atoms with Crippen LogP contribution >= 0.6 is 22.9 Å². The first-order valence-corrected chi connectivity index (χ1v) is 6.76. The number of rotatable bonds is 5. The van der Waals surface area contributed by atoms with Gasteiger partial charge in [-0.3, -0.25) is 5.32 Å². The van der Waals surface area contributed by atoms with Gasteiger partial charge in [-0.1, -0.05) is 11.3 Å². The van der Waals surface area contributed by atoms with Crippen LogP contribution in [0.1, 0.15) is 5.76 Å². The van der Waals surface area contributed by atoms with Crippen LogP contribution in [-0.2, 0) is 6.54 Å². The molecule has 0 spiro atoms. The van der Waals surface area contributed by atoms with Gasteiger partial charge in [0.05, 0.1) is 12.8 Å². The molecular formula is C10H8ClN7OS. The largest absolute Gasteiger partial charge is 0.467 e. The van der Waals surface area contributed by atoms with E-state index in [0.29, 0.717) is 23.6 Å². The molecule has 0 bridgehead atoms. The minimum Gasteiger partial charge on any atom is -0.467 e. The van der Waals surface area contributed by atoms with E-state index in [-0.39, 0.29) is 5.28 Å². The van der Waals surface area contributed by atoms with Crippen LogP contribution in [0.25, 0.3) is 0 Å². The summed E-state index contributed by atoms with van der Waals surface area (Å²) in [5, 5.41) is 14.1. The quantitative estimate of drug-likeness (QED) is 0.740. The lowest BCUT2D eigenvalue weighted by Crippen LogP contribution is -2.06. The summed E-state index contributed by atoms with van der Waals surface area (Å²) in [6.07, 6.45) is 1.60. The number of halogens is 1. The molecule has 20 heavy (non-hydrogen) atoms. The van der Waals surface area contributed by atoms with Crippen LogP contribution in [0, 0.1) is 0 Å². The molecule has 3 heterocycles. The fourth-order valence-corrected chi connectivity index (χ4v) is 1.99. The smallest absolute Gasteiger partial charge is 0.235 e. The fraction of sp³-hybridized carbons (Fsp3) is 0.100. The number of hydrogen-bond acceptors (Lipinski definition) is 9. The average molecular weight is 310 g/mol. The molecule has 0 unspecified atom stereocenters. The number of furan rings is 1. The van der Waals surface area contributed by atoms with Crippen LogP contribution in [-0.4, -0.2) is 25.1 Å². The van der Waals surface area contributed by atoms with E-state index in [1.807, 2.05) is 6.07 Å². The Kier molecular flexibility index (Phi) is 3.70. The van der Waals surface area contributed by atoms with E-state index in [9.17, 15) is 0 Å². The molecular weight excluding hydrogens is 302 g/mol. The zero-order chi connectivity index (χ0) is 13.8. The standard InChI is InChI=1S/C10H8ClN7OS/c11-7-14-8(12-4-6-2-1-3-19-6)16-9(15-7)17-10-18-13-5-20-10/h1-3,5H,4H2,(H2,12,14,15,16,17,18). The van der Waals surface area contributed by atoms with Crippen molar-refractivity contribution in [3.63, 3.8) is 0 Å². The second-order valence-corrected chi connectivity index (χ2v) is 4.72. The van der Waals surface area contributed by atoms with E-state index in [4.69, 9.17) is 16.0 Å². The first kappa shape index (κ1) is 12.8. The van der Waals surface area contributed by atoms with Crippen molar-refractivity contribution in [2.75, 3.05) is 10.6 Å². The van der Waals surface area contributed by atoms with Gasteiger partial charge in [-0.25, -0.2) is 0 Å². The van der Waals surface area contributed by atoms with Gasteiger partial charge in [-0.15, -0.1) is 10.2 Å². The molecule has 0 aliphatic heterocycles. The van der Waals surface area contributed by atoms with Crippen molar-refractivity contribution in [1.82, 2.24) is 25.1 Å². The van der Waals surface area contributed by atoms with Crippen molar-refractivity contribution >= 4 is 40.0 Å². The lowest BCUT2D eigenvalue weighted by Gasteiger charge is -2.05. The Morgan fingerprint density at radius 3 is 2.90 bits per heavy atom. The van der Waals surface area contributed by atoms with Gasteiger partial charge in [0.25, 0.3) is 0 Å². The third-order valence-electron chi connectivity index (χ3n) is 2.19. The van der Waals surface area contributed by atoms with E-state index >= 15 is 0 Å². The molecule has 10 heteroatoms. The van der Waals surface area contributed by atoms with E-state index in [0.717, 1.165) is 5.76 Å². The third kappa shape index (κ3) is 3.19. The molecule has 0 aromatic carbocycles. The highest BCUT2D eigenvalue weighted by Gasteiger charge is 2.07. The first-order chi connectivity index (χ1) is 9.79. The van der Waals surface area contributed by atoms with Gasteiger partial charge < -0.3 is 9.73 Å². The zero-order valence-corrected chi connectivity index (χ0v) is 11.5. The highest BCUT2D eigenvalue weighted by atomic mass is 35.5. The van der Waals surface area contributed by atoms with Crippen LogP contribution in [0.5, 0.6) is 0 Å². The SMILES string of the molecule is Clc1nc(NCc2ccco2)nc(Nc2nncs2)n1. The predicted molar refractivity (Wildman–Crippen MR) is 74.1 cm³/mol. The molecule has 0 atom stereocenters. The summed E-state index contributed by atoms with van der Waals surface area (Å²) in [4.78, 5) is 12.1. The summed E-state index contributed by atoms with van der Waals surface area (Å²) < 4.78 is 5.20. The Hall–Kier alpha value is -2.26. The van der Waals surface area contributed by atoms with Gasteiger partial charge in [0.2, 0.25) is 22.3 Å². The average Bonchev–Trinajstić information content (AvgIpc) is 3.08. The monoisotopic (exact) mass is 309 g/mol. The van der Waals surface area contributed by atoms with Crippen LogP contribution in [0.2, 0.25) is 5.28 Å². The number of nitrogens with zero attached hydrogens (tertiary/aromatic N) is 5. The Bertz CT molecular complexity index is 673. The van der Waals surface area contributed by atoms with Gasteiger partial charge >= 0.3 is 0 Å². The summed E-state index contributed by atoms with van der Waals surface area (Å²) in [6.45, 7) is 0.450. The summed E-state index contributed by atoms with van der Waals surface area (Å²) in [6, 6.07) is 3.65. The van der Waals surface area contributed by atoms with Crippen molar-refractivity contribution in [3.8, 4) is 0 Å². The summed E-state index contributed by atoms with van der Waals surface area (Å²) in [5.41, 5.74) is 1.60. The molecule has 0 aliphatic carbocycles. The zero-order valence-electron chi connectivity index (χ0n) is 9.95. The lowest BCUT2D eigenvalue weighted by molar-refractivity contribution is 0.517. The highest BCUT2D eigenvalue weighted by Crippen LogP contribution is 2.16.